The molecule has 0 unspecified atom stereocenters. The van der Waals surface area contributed by atoms with Gasteiger partial charge < -0.3 is 10.3 Å². The van der Waals surface area contributed by atoms with Gasteiger partial charge in [0.15, 0.2) is 0 Å². The number of hydrogen-bond acceptors (Lipinski definition) is 4. The second-order valence-corrected chi connectivity index (χ2v) is 4.95. The number of alkyl halides is 3. The molecular formula is C15H10F3N3O2. The van der Waals surface area contributed by atoms with Crippen LogP contribution in [0, 0.1) is 6.92 Å². The molecule has 2 heterocycles. The monoisotopic (exact) mass is 321 g/mol. The third-order valence-corrected chi connectivity index (χ3v) is 3.37. The Morgan fingerprint density at radius 2 is 2.00 bits per heavy atom. The first-order chi connectivity index (χ1) is 10.8. The third kappa shape index (κ3) is 2.63. The van der Waals surface area contributed by atoms with Gasteiger partial charge in [0, 0.05) is 5.56 Å². The van der Waals surface area contributed by atoms with Gasteiger partial charge in [-0.2, -0.15) is 13.2 Å². The van der Waals surface area contributed by atoms with Crippen LogP contribution in [0.4, 0.5) is 13.2 Å². The van der Waals surface area contributed by atoms with Crippen molar-refractivity contribution >= 4 is 17.0 Å². The first-order valence-electron chi connectivity index (χ1n) is 6.52. The maximum absolute atomic E-state index is 12.8. The standard InChI is InChI=1S/C15H10F3N3O2/c1-7-12-10(13(19)22)6-11(20-14(12)23-21-7)8-3-2-4-9(5-8)15(16,17)18/h2-6H,1H3,(H2,19,22). The lowest BCUT2D eigenvalue weighted by atomic mass is 10.0. The van der Waals surface area contributed by atoms with E-state index in [2.05, 4.69) is 10.1 Å². The summed E-state index contributed by atoms with van der Waals surface area (Å²) >= 11 is 0. The molecule has 0 aliphatic carbocycles. The van der Waals surface area contributed by atoms with E-state index in [9.17, 15) is 18.0 Å². The van der Waals surface area contributed by atoms with E-state index in [1.165, 1.54) is 18.2 Å². The van der Waals surface area contributed by atoms with Gasteiger partial charge in [0.25, 0.3) is 5.71 Å². The minimum Gasteiger partial charge on any atom is -0.366 e. The summed E-state index contributed by atoms with van der Waals surface area (Å²) in [5.74, 6) is -0.739. The number of pyridine rings is 1. The van der Waals surface area contributed by atoms with Crippen molar-refractivity contribution in [3.05, 3.63) is 47.2 Å². The number of carbonyl (C=O) groups excluding carboxylic acids is 1. The first kappa shape index (κ1) is 15.0. The Bertz CT molecular complexity index is 916. The number of aromatic nitrogens is 2. The summed E-state index contributed by atoms with van der Waals surface area (Å²) in [7, 11) is 0. The van der Waals surface area contributed by atoms with Crippen molar-refractivity contribution in [1.82, 2.24) is 10.1 Å². The molecule has 0 aliphatic rings. The van der Waals surface area contributed by atoms with Crippen LogP contribution in [0.2, 0.25) is 0 Å². The number of nitrogens with two attached hydrogens (primary N) is 1. The second-order valence-electron chi connectivity index (χ2n) is 4.95. The Labute approximate surface area is 127 Å². The molecule has 0 atom stereocenters. The molecule has 2 N–H and O–H groups in total. The van der Waals surface area contributed by atoms with Crippen LogP contribution >= 0.6 is 0 Å². The van der Waals surface area contributed by atoms with E-state index in [1.54, 1.807) is 6.92 Å². The number of carbonyl (C=O) groups is 1. The van der Waals surface area contributed by atoms with Crippen LogP contribution < -0.4 is 5.73 Å². The molecule has 0 saturated heterocycles. The zero-order valence-electron chi connectivity index (χ0n) is 11.8. The summed E-state index contributed by atoms with van der Waals surface area (Å²) in [4.78, 5) is 15.7. The number of halogens is 3. The van der Waals surface area contributed by atoms with Gasteiger partial charge in [-0.15, -0.1) is 0 Å². The van der Waals surface area contributed by atoms with E-state index >= 15 is 0 Å². The quantitative estimate of drug-likeness (QED) is 0.785. The lowest BCUT2D eigenvalue weighted by Crippen LogP contribution is -2.12. The lowest BCUT2D eigenvalue weighted by molar-refractivity contribution is -0.137. The van der Waals surface area contributed by atoms with E-state index in [4.69, 9.17) is 10.3 Å². The molecule has 118 valence electrons. The van der Waals surface area contributed by atoms with Gasteiger partial charge in [-0.1, -0.05) is 17.3 Å². The molecule has 0 saturated carbocycles. The van der Waals surface area contributed by atoms with Gasteiger partial charge in [0.1, 0.15) is 0 Å². The normalized spacial score (nSPS) is 11.8. The fraction of sp³-hybridized carbons (Fsp3) is 0.133. The first-order valence-corrected chi connectivity index (χ1v) is 6.52. The van der Waals surface area contributed by atoms with E-state index in [0.717, 1.165) is 12.1 Å². The molecule has 8 heteroatoms. The van der Waals surface area contributed by atoms with Gasteiger partial charge >= 0.3 is 6.18 Å². The SMILES string of the molecule is Cc1noc2nc(-c3cccc(C(F)(F)F)c3)cc(C(N)=O)c12. The van der Waals surface area contributed by atoms with Crippen LogP contribution in [-0.4, -0.2) is 16.0 Å². The van der Waals surface area contributed by atoms with Crippen molar-refractivity contribution in [3.63, 3.8) is 0 Å². The lowest BCUT2D eigenvalue weighted by Gasteiger charge is -2.09. The molecule has 2 aromatic heterocycles. The summed E-state index contributed by atoms with van der Waals surface area (Å²) in [6, 6.07) is 5.96. The topological polar surface area (TPSA) is 82.0 Å². The summed E-state index contributed by atoms with van der Waals surface area (Å²) < 4.78 is 43.5. The molecule has 23 heavy (non-hydrogen) atoms. The molecular weight excluding hydrogens is 311 g/mol. The predicted octanol–water partition coefficient (Wildman–Crippen LogP) is 3.32. The molecule has 1 aromatic carbocycles. The smallest absolute Gasteiger partial charge is 0.366 e. The van der Waals surface area contributed by atoms with Crippen LogP contribution in [0.5, 0.6) is 0 Å². The van der Waals surface area contributed by atoms with Crippen LogP contribution in [0.3, 0.4) is 0 Å². The zero-order valence-corrected chi connectivity index (χ0v) is 11.8. The highest BCUT2D eigenvalue weighted by atomic mass is 19.4. The highest BCUT2D eigenvalue weighted by molar-refractivity contribution is 6.06. The number of hydrogen-bond donors (Lipinski definition) is 1. The number of fused-ring (bicyclic) bond motifs is 1. The Hall–Kier alpha value is -2.90. The van der Waals surface area contributed by atoms with E-state index < -0.39 is 17.6 Å². The molecule has 0 spiro atoms. The third-order valence-electron chi connectivity index (χ3n) is 3.37. The average molecular weight is 321 g/mol. The summed E-state index contributed by atoms with van der Waals surface area (Å²) in [6.45, 7) is 1.61. The fourth-order valence-electron chi connectivity index (χ4n) is 2.29. The van der Waals surface area contributed by atoms with Crippen LogP contribution in [0.15, 0.2) is 34.9 Å². The van der Waals surface area contributed by atoms with E-state index in [-0.39, 0.29) is 22.5 Å². The molecule has 3 rings (SSSR count). The van der Waals surface area contributed by atoms with Crippen molar-refractivity contribution in [2.24, 2.45) is 5.73 Å². The van der Waals surface area contributed by atoms with Gasteiger partial charge in [-0.05, 0) is 25.1 Å². The highest BCUT2D eigenvalue weighted by Crippen LogP contribution is 2.33. The summed E-state index contributed by atoms with van der Waals surface area (Å²) in [5.41, 5.74) is 5.44. The zero-order chi connectivity index (χ0) is 16.8. The number of amides is 1. The van der Waals surface area contributed by atoms with Crippen molar-refractivity contribution < 1.29 is 22.5 Å². The van der Waals surface area contributed by atoms with E-state index in [1.807, 2.05) is 0 Å². The van der Waals surface area contributed by atoms with Crippen molar-refractivity contribution in [2.45, 2.75) is 13.1 Å². The van der Waals surface area contributed by atoms with Gasteiger partial charge in [-0.25, -0.2) is 4.98 Å². The Morgan fingerprint density at radius 1 is 1.26 bits per heavy atom. The second kappa shape index (κ2) is 5.08. The van der Waals surface area contributed by atoms with Gasteiger partial charge in [0.05, 0.1) is 27.9 Å². The Balaban J connectivity index is 2.23. The van der Waals surface area contributed by atoms with Crippen LogP contribution in [0.25, 0.3) is 22.4 Å². The number of rotatable bonds is 2. The van der Waals surface area contributed by atoms with Gasteiger partial charge in [0.2, 0.25) is 5.91 Å². The molecule has 5 nitrogen and oxygen atoms in total. The largest absolute Gasteiger partial charge is 0.416 e. The van der Waals surface area contributed by atoms with E-state index in [0.29, 0.717) is 11.1 Å². The highest BCUT2D eigenvalue weighted by Gasteiger charge is 2.30. The predicted molar refractivity (Wildman–Crippen MR) is 75.5 cm³/mol. The maximum Gasteiger partial charge on any atom is 0.416 e. The van der Waals surface area contributed by atoms with Crippen molar-refractivity contribution in [2.75, 3.05) is 0 Å². The van der Waals surface area contributed by atoms with Crippen LogP contribution in [0.1, 0.15) is 21.6 Å². The molecule has 0 bridgehead atoms. The minimum absolute atomic E-state index is 0.0474. The number of primary amides is 1. The molecule has 0 aliphatic heterocycles. The van der Waals surface area contributed by atoms with Crippen LogP contribution in [-0.2, 0) is 6.18 Å². The molecule has 1 amide bonds. The van der Waals surface area contributed by atoms with Crippen molar-refractivity contribution in [3.8, 4) is 11.3 Å². The Morgan fingerprint density at radius 3 is 2.65 bits per heavy atom. The summed E-state index contributed by atoms with van der Waals surface area (Å²) in [5, 5.41) is 4.06. The number of aryl methyl sites for hydroxylation is 1. The molecule has 0 fully saturated rings. The molecule has 3 aromatic rings. The average Bonchev–Trinajstić information content (AvgIpc) is 2.87. The van der Waals surface area contributed by atoms with Crippen molar-refractivity contribution in [1.29, 1.82) is 0 Å². The summed E-state index contributed by atoms with van der Waals surface area (Å²) in [6.07, 6.45) is -4.48. The number of benzene rings is 1. The molecule has 0 radical (unpaired) electrons. The Kier molecular flexibility index (Phi) is 3.32. The minimum atomic E-state index is -4.48. The van der Waals surface area contributed by atoms with Gasteiger partial charge in [-0.3, -0.25) is 4.79 Å². The fourth-order valence-corrected chi connectivity index (χ4v) is 2.29. The maximum atomic E-state index is 12.8. The number of nitrogens with zero attached hydrogens (tertiary/aromatic N) is 2.